The fourth-order valence-corrected chi connectivity index (χ4v) is 1.69. The van der Waals surface area contributed by atoms with Crippen LogP contribution in [0.2, 0.25) is 0 Å². The minimum absolute atomic E-state index is 0. The molecular weight excluding hydrogens is 226 g/mol. The first-order chi connectivity index (χ1) is 7.08. The van der Waals surface area contributed by atoms with Crippen LogP contribution in [0.15, 0.2) is 18.2 Å². The summed E-state index contributed by atoms with van der Waals surface area (Å²) in [5, 5.41) is 2.82. The van der Waals surface area contributed by atoms with Crippen molar-refractivity contribution >= 4 is 24.1 Å². The molecule has 0 aliphatic carbocycles. The minimum atomic E-state index is -0.0592. The number of hydrogen-bond donors (Lipinski definition) is 2. The molecule has 1 atom stereocenters. The minimum Gasteiger partial charge on any atom is -0.324 e. The molecule has 0 saturated heterocycles. The van der Waals surface area contributed by atoms with Crippen molar-refractivity contribution in [3.63, 3.8) is 0 Å². The lowest BCUT2D eigenvalue weighted by molar-refractivity contribution is 0.218. The van der Waals surface area contributed by atoms with E-state index in [2.05, 4.69) is 11.4 Å². The van der Waals surface area contributed by atoms with Gasteiger partial charge in [-0.2, -0.15) is 0 Å². The first-order valence-corrected chi connectivity index (χ1v) is 4.98. The molecule has 0 spiro atoms. The van der Waals surface area contributed by atoms with E-state index in [9.17, 15) is 4.79 Å². The van der Waals surface area contributed by atoms with Gasteiger partial charge in [0.15, 0.2) is 0 Å². The molecule has 3 N–H and O–H groups in total. The van der Waals surface area contributed by atoms with Gasteiger partial charge in [0.2, 0.25) is 0 Å². The first kappa shape index (κ1) is 12.8. The molecule has 2 rings (SSSR count). The van der Waals surface area contributed by atoms with E-state index in [1.54, 1.807) is 11.9 Å². The quantitative estimate of drug-likeness (QED) is 0.791. The number of fused-ring (bicyclic) bond motifs is 1. The maximum Gasteiger partial charge on any atom is 0.321 e. The van der Waals surface area contributed by atoms with E-state index in [1.165, 1.54) is 0 Å². The second-order valence-electron chi connectivity index (χ2n) is 3.99. The third kappa shape index (κ3) is 2.28. The molecule has 0 aromatic heterocycles. The number of carbonyl (C=O) groups excluding carboxylic acids is 1. The van der Waals surface area contributed by atoms with E-state index in [0.29, 0.717) is 6.54 Å². The van der Waals surface area contributed by atoms with Crippen LogP contribution >= 0.6 is 12.4 Å². The molecule has 1 aromatic rings. The summed E-state index contributed by atoms with van der Waals surface area (Å²) in [5.74, 6) is 0. The maximum atomic E-state index is 11.4. The molecule has 4 nitrogen and oxygen atoms in total. The number of nitrogens with one attached hydrogen (secondary N) is 1. The van der Waals surface area contributed by atoms with Gasteiger partial charge in [-0.25, -0.2) is 4.79 Å². The predicted octanol–water partition coefficient (Wildman–Crippen LogP) is 2.11. The van der Waals surface area contributed by atoms with Crippen LogP contribution < -0.4 is 11.1 Å². The predicted molar refractivity (Wildman–Crippen MR) is 66.8 cm³/mol. The van der Waals surface area contributed by atoms with E-state index in [1.807, 2.05) is 19.1 Å². The van der Waals surface area contributed by atoms with Gasteiger partial charge in [0, 0.05) is 25.3 Å². The molecule has 16 heavy (non-hydrogen) atoms. The molecule has 1 unspecified atom stereocenters. The van der Waals surface area contributed by atoms with Crippen molar-refractivity contribution in [1.82, 2.24) is 4.90 Å². The Morgan fingerprint density at radius 1 is 1.50 bits per heavy atom. The van der Waals surface area contributed by atoms with Crippen molar-refractivity contribution in [2.75, 3.05) is 12.4 Å². The van der Waals surface area contributed by atoms with Crippen LogP contribution in [0.5, 0.6) is 0 Å². The summed E-state index contributed by atoms with van der Waals surface area (Å²) in [6, 6.07) is 5.89. The normalized spacial score (nSPS) is 15.9. The van der Waals surface area contributed by atoms with Gasteiger partial charge in [0.05, 0.1) is 0 Å². The SMILES string of the molecule is CC(N)c1ccc2c(c1)CN(C)C(=O)N2.Cl. The Hall–Kier alpha value is -1.26. The monoisotopic (exact) mass is 241 g/mol. The van der Waals surface area contributed by atoms with Crippen molar-refractivity contribution < 1.29 is 4.79 Å². The highest BCUT2D eigenvalue weighted by atomic mass is 35.5. The maximum absolute atomic E-state index is 11.4. The molecule has 0 saturated carbocycles. The van der Waals surface area contributed by atoms with Crippen LogP contribution in [-0.4, -0.2) is 18.0 Å². The van der Waals surface area contributed by atoms with Gasteiger partial charge in [-0.15, -0.1) is 12.4 Å². The number of halogens is 1. The lowest BCUT2D eigenvalue weighted by atomic mass is 10.0. The topological polar surface area (TPSA) is 58.4 Å². The average Bonchev–Trinajstić information content (AvgIpc) is 2.19. The summed E-state index contributed by atoms with van der Waals surface area (Å²) in [4.78, 5) is 13.0. The van der Waals surface area contributed by atoms with Gasteiger partial charge in [-0.1, -0.05) is 12.1 Å². The number of hydrogen-bond acceptors (Lipinski definition) is 2. The van der Waals surface area contributed by atoms with Crippen molar-refractivity contribution in [3.05, 3.63) is 29.3 Å². The molecule has 2 amide bonds. The van der Waals surface area contributed by atoms with Gasteiger partial charge < -0.3 is 16.0 Å². The fraction of sp³-hybridized carbons (Fsp3) is 0.364. The summed E-state index contributed by atoms with van der Waals surface area (Å²) in [7, 11) is 1.77. The number of amides is 2. The zero-order valence-corrected chi connectivity index (χ0v) is 10.2. The molecule has 0 bridgehead atoms. The number of anilines is 1. The van der Waals surface area contributed by atoms with Gasteiger partial charge in [-0.3, -0.25) is 0 Å². The van der Waals surface area contributed by atoms with Gasteiger partial charge in [0.1, 0.15) is 0 Å². The standard InChI is InChI=1S/C11H15N3O.ClH/c1-7(12)8-3-4-10-9(5-8)6-14(2)11(15)13-10;/h3-5,7H,6,12H2,1-2H3,(H,13,15);1H. The van der Waals surface area contributed by atoms with E-state index < -0.39 is 0 Å². The van der Waals surface area contributed by atoms with E-state index in [0.717, 1.165) is 16.8 Å². The Kier molecular flexibility index (Phi) is 3.78. The van der Waals surface area contributed by atoms with Crippen LogP contribution in [0.25, 0.3) is 0 Å². The Morgan fingerprint density at radius 3 is 2.81 bits per heavy atom. The lowest BCUT2D eigenvalue weighted by Crippen LogP contribution is -2.35. The van der Waals surface area contributed by atoms with Gasteiger partial charge >= 0.3 is 6.03 Å². The molecule has 0 radical (unpaired) electrons. The number of benzene rings is 1. The fourth-order valence-electron chi connectivity index (χ4n) is 1.69. The number of nitrogens with two attached hydrogens (primary N) is 1. The third-order valence-electron chi connectivity index (χ3n) is 2.65. The summed E-state index contributed by atoms with van der Waals surface area (Å²) < 4.78 is 0. The highest BCUT2D eigenvalue weighted by molar-refractivity contribution is 5.92. The van der Waals surface area contributed by atoms with Gasteiger partial charge in [-0.05, 0) is 24.1 Å². The average molecular weight is 242 g/mol. The largest absolute Gasteiger partial charge is 0.324 e. The Morgan fingerprint density at radius 2 is 2.19 bits per heavy atom. The smallest absolute Gasteiger partial charge is 0.321 e. The van der Waals surface area contributed by atoms with E-state index in [4.69, 9.17) is 5.73 Å². The van der Waals surface area contributed by atoms with Crippen LogP contribution in [0, 0.1) is 0 Å². The number of urea groups is 1. The van der Waals surface area contributed by atoms with Crippen LogP contribution in [0.1, 0.15) is 24.1 Å². The summed E-state index contributed by atoms with van der Waals surface area (Å²) in [6.07, 6.45) is 0. The summed E-state index contributed by atoms with van der Waals surface area (Å²) in [5.41, 5.74) is 8.91. The zero-order valence-electron chi connectivity index (χ0n) is 9.36. The van der Waals surface area contributed by atoms with Crippen molar-refractivity contribution in [2.45, 2.75) is 19.5 Å². The number of rotatable bonds is 1. The van der Waals surface area contributed by atoms with Gasteiger partial charge in [0.25, 0.3) is 0 Å². The Bertz CT molecular complexity index is 406. The molecular formula is C11H16ClN3O. The van der Waals surface area contributed by atoms with Crippen LogP contribution in [-0.2, 0) is 6.54 Å². The molecule has 1 heterocycles. The molecule has 0 fully saturated rings. The second-order valence-corrected chi connectivity index (χ2v) is 3.99. The summed E-state index contributed by atoms with van der Waals surface area (Å²) in [6.45, 7) is 2.59. The second kappa shape index (κ2) is 4.72. The zero-order chi connectivity index (χ0) is 11.0. The lowest BCUT2D eigenvalue weighted by Gasteiger charge is -2.26. The van der Waals surface area contributed by atoms with E-state index in [-0.39, 0.29) is 24.5 Å². The van der Waals surface area contributed by atoms with E-state index >= 15 is 0 Å². The molecule has 1 aliphatic heterocycles. The third-order valence-corrected chi connectivity index (χ3v) is 2.65. The van der Waals surface area contributed by atoms with Crippen molar-refractivity contribution in [3.8, 4) is 0 Å². The first-order valence-electron chi connectivity index (χ1n) is 4.98. The number of nitrogens with zero attached hydrogens (tertiary/aromatic N) is 1. The Balaban J connectivity index is 0.00000128. The Labute approximate surface area is 101 Å². The molecule has 5 heteroatoms. The van der Waals surface area contributed by atoms with Crippen molar-refractivity contribution in [1.29, 1.82) is 0 Å². The highest BCUT2D eigenvalue weighted by Gasteiger charge is 2.19. The van der Waals surface area contributed by atoms with Crippen LogP contribution in [0.4, 0.5) is 10.5 Å². The summed E-state index contributed by atoms with van der Waals surface area (Å²) >= 11 is 0. The van der Waals surface area contributed by atoms with Crippen LogP contribution in [0.3, 0.4) is 0 Å². The molecule has 88 valence electrons. The highest BCUT2D eigenvalue weighted by Crippen LogP contribution is 2.25. The number of carbonyl (C=O) groups is 1. The van der Waals surface area contributed by atoms with Crippen molar-refractivity contribution in [2.24, 2.45) is 5.73 Å². The molecule has 1 aromatic carbocycles. The molecule has 1 aliphatic rings.